The fourth-order valence-corrected chi connectivity index (χ4v) is 2.83. The number of carbonyl (C=O) groups is 1. The van der Waals surface area contributed by atoms with Crippen molar-refractivity contribution in [3.63, 3.8) is 0 Å². The van der Waals surface area contributed by atoms with Gasteiger partial charge in [-0.25, -0.2) is 4.98 Å². The molecule has 0 unspecified atom stereocenters. The highest BCUT2D eigenvalue weighted by Crippen LogP contribution is 2.39. The lowest BCUT2D eigenvalue weighted by molar-refractivity contribution is 0.0946. The summed E-state index contributed by atoms with van der Waals surface area (Å²) in [5.74, 6) is 0.925. The van der Waals surface area contributed by atoms with E-state index >= 15 is 0 Å². The number of ether oxygens (including phenoxy) is 3. The van der Waals surface area contributed by atoms with E-state index < -0.39 is 0 Å². The van der Waals surface area contributed by atoms with Crippen LogP contribution in [-0.4, -0.2) is 36.6 Å². The Morgan fingerprint density at radius 2 is 1.85 bits per heavy atom. The van der Waals surface area contributed by atoms with Crippen LogP contribution >= 0.6 is 0 Å². The minimum absolute atomic E-state index is 0.281. The normalized spacial score (nSPS) is 10.6. The number of hydrogen-bond acceptors (Lipinski definition) is 5. The van der Waals surface area contributed by atoms with Gasteiger partial charge in [0.1, 0.15) is 5.65 Å². The molecule has 0 aliphatic carbocycles. The van der Waals surface area contributed by atoms with Crippen LogP contribution in [-0.2, 0) is 6.54 Å². The lowest BCUT2D eigenvalue weighted by atomic mass is 10.1. The van der Waals surface area contributed by atoms with Crippen molar-refractivity contribution < 1.29 is 19.0 Å². The van der Waals surface area contributed by atoms with E-state index in [4.69, 9.17) is 14.2 Å². The molecule has 0 radical (unpaired) electrons. The zero-order chi connectivity index (χ0) is 18.7. The highest BCUT2D eigenvalue weighted by atomic mass is 16.5. The Balaban J connectivity index is 1.82. The molecule has 0 atom stereocenters. The quantitative estimate of drug-likeness (QED) is 0.736. The molecule has 0 aliphatic rings. The van der Waals surface area contributed by atoms with Gasteiger partial charge in [0.25, 0.3) is 5.91 Å². The van der Waals surface area contributed by atoms with Crippen molar-refractivity contribution in [2.24, 2.45) is 0 Å². The molecule has 7 nitrogen and oxygen atoms in total. The summed E-state index contributed by atoms with van der Waals surface area (Å²) in [4.78, 5) is 17.1. The van der Waals surface area contributed by atoms with E-state index in [9.17, 15) is 4.79 Å². The summed E-state index contributed by atoms with van der Waals surface area (Å²) in [5, 5.41) is 2.87. The number of nitrogens with zero attached hydrogens (tertiary/aromatic N) is 2. The zero-order valence-electron chi connectivity index (χ0n) is 15.2. The molecule has 1 N–H and O–H groups in total. The Kier molecular flexibility index (Phi) is 4.97. The lowest BCUT2D eigenvalue weighted by Crippen LogP contribution is -2.23. The predicted octanol–water partition coefficient (Wildman–Crippen LogP) is 2.60. The maximum absolute atomic E-state index is 12.6. The van der Waals surface area contributed by atoms with Gasteiger partial charge in [0.15, 0.2) is 11.5 Å². The molecule has 2 heterocycles. The van der Waals surface area contributed by atoms with E-state index in [-0.39, 0.29) is 5.91 Å². The fraction of sp³-hybridized carbons (Fsp3) is 0.263. The summed E-state index contributed by atoms with van der Waals surface area (Å²) in [5.41, 5.74) is 3.06. The van der Waals surface area contributed by atoms with Crippen LogP contribution < -0.4 is 19.5 Å². The van der Waals surface area contributed by atoms with Crippen LogP contribution in [0.4, 0.5) is 0 Å². The second kappa shape index (κ2) is 7.35. The van der Waals surface area contributed by atoms with Crippen molar-refractivity contribution in [1.82, 2.24) is 14.7 Å². The second-order valence-corrected chi connectivity index (χ2v) is 5.69. The Hall–Kier alpha value is -3.22. The zero-order valence-corrected chi connectivity index (χ0v) is 15.2. The van der Waals surface area contributed by atoms with E-state index in [1.807, 2.05) is 35.7 Å². The predicted molar refractivity (Wildman–Crippen MR) is 97.2 cm³/mol. The Morgan fingerprint density at radius 1 is 1.08 bits per heavy atom. The summed E-state index contributed by atoms with van der Waals surface area (Å²) in [7, 11) is 4.52. The van der Waals surface area contributed by atoms with Crippen LogP contribution in [0.25, 0.3) is 5.65 Å². The molecule has 3 rings (SSSR count). The Morgan fingerprint density at radius 3 is 2.50 bits per heavy atom. The number of aryl methyl sites for hydroxylation is 1. The number of amides is 1. The molecule has 1 aromatic carbocycles. The molecule has 0 aliphatic heterocycles. The Labute approximate surface area is 151 Å². The number of pyridine rings is 1. The van der Waals surface area contributed by atoms with Gasteiger partial charge >= 0.3 is 0 Å². The third kappa shape index (κ3) is 3.15. The van der Waals surface area contributed by atoms with Gasteiger partial charge in [0.05, 0.1) is 39.1 Å². The van der Waals surface area contributed by atoms with E-state index in [2.05, 4.69) is 10.3 Å². The number of aromatic nitrogens is 2. The van der Waals surface area contributed by atoms with Gasteiger partial charge in [-0.3, -0.25) is 4.79 Å². The van der Waals surface area contributed by atoms with E-state index in [1.54, 1.807) is 12.1 Å². The lowest BCUT2D eigenvalue weighted by Gasteiger charge is -2.15. The van der Waals surface area contributed by atoms with Crippen LogP contribution in [0.15, 0.2) is 36.5 Å². The first-order chi connectivity index (χ1) is 12.6. The Bertz CT molecular complexity index is 949. The molecule has 0 bridgehead atoms. The third-order valence-electron chi connectivity index (χ3n) is 4.12. The summed E-state index contributed by atoms with van der Waals surface area (Å²) in [6.07, 6.45) is 1.91. The molecule has 26 heavy (non-hydrogen) atoms. The van der Waals surface area contributed by atoms with Gasteiger partial charge < -0.3 is 23.9 Å². The monoisotopic (exact) mass is 355 g/mol. The van der Waals surface area contributed by atoms with Gasteiger partial charge in [-0.15, -0.1) is 0 Å². The van der Waals surface area contributed by atoms with Crippen LogP contribution in [0.2, 0.25) is 0 Å². The number of methoxy groups -OCH3 is 3. The number of rotatable bonds is 6. The summed E-state index contributed by atoms with van der Waals surface area (Å²) < 4.78 is 17.9. The first-order valence-corrected chi connectivity index (χ1v) is 8.09. The van der Waals surface area contributed by atoms with Gasteiger partial charge in [-0.2, -0.15) is 0 Å². The largest absolute Gasteiger partial charge is 0.493 e. The van der Waals surface area contributed by atoms with Crippen LogP contribution in [0.5, 0.6) is 17.2 Å². The smallest absolute Gasteiger partial charge is 0.255 e. The van der Waals surface area contributed by atoms with Gasteiger partial charge in [-0.05, 0) is 31.2 Å². The summed E-state index contributed by atoms with van der Waals surface area (Å²) >= 11 is 0. The van der Waals surface area contributed by atoms with Crippen molar-refractivity contribution >= 4 is 11.6 Å². The molecule has 0 spiro atoms. The topological polar surface area (TPSA) is 74.1 Å². The first kappa shape index (κ1) is 17.6. The van der Waals surface area contributed by atoms with Crippen LogP contribution in [0.3, 0.4) is 0 Å². The van der Waals surface area contributed by atoms with Crippen molar-refractivity contribution in [1.29, 1.82) is 0 Å². The summed E-state index contributed by atoms with van der Waals surface area (Å²) in [6.45, 7) is 2.31. The maximum atomic E-state index is 12.6. The standard InChI is InChI=1S/C19H21N3O4/c1-12-6-5-7-16-21-13(11-22(12)16)10-20-19(23)14-8-9-15(24-2)18(26-4)17(14)25-3/h5-9,11H,10H2,1-4H3,(H,20,23). The molecule has 7 heteroatoms. The van der Waals surface area contributed by atoms with Crippen molar-refractivity contribution in [2.45, 2.75) is 13.5 Å². The molecule has 0 fully saturated rings. The molecule has 136 valence electrons. The van der Waals surface area contributed by atoms with Gasteiger partial charge in [0.2, 0.25) is 5.75 Å². The van der Waals surface area contributed by atoms with Crippen molar-refractivity contribution in [2.75, 3.05) is 21.3 Å². The van der Waals surface area contributed by atoms with Crippen molar-refractivity contribution in [3.8, 4) is 17.2 Å². The minimum Gasteiger partial charge on any atom is -0.493 e. The third-order valence-corrected chi connectivity index (χ3v) is 4.12. The van der Waals surface area contributed by atoms with Gasteiger partial charge in [-0.1, -0.05) is 6.07 Å². The second-order valence-electron chi connectivity index (χ2n) is 5.69. The van der Waals surface area contributed by atoms with Crippen LogP contribution in [0, 0.1) is 6.92 Å². The number of fused-ring (bicyclic) bond motifs is 1. The molecule has 3 aromatic rings. The average Bonchev–Trinajstić information content (AvgIpc) is 3.09. The molecule has 2 aromatic heterocycles. The molecule has 0 saturated carbocycles. The fourth-order valence-electron chi connectivity index (χ4n) is 2.83. The molecule has 0 saturated heterocycles. The summed E-state index contributed by atoms with van der Waals surface area (Å²) in [6, 6.07) is 9.20. The minimum atomic E-state index is -0.281. The number of imidazole rings is 1. The number of benzene rings is 1. The average molecular weight is 355 g/mol. The van der Waals surface area contributed by atoms with E-state index in [0.29, 0.717) is 29.4 Å². The van der Waals surface area contributed by atoms with Crippen molar-refractivity contribution in [3.05, 3.63) is 53.5 Å². The number of nitrogens with one attached hydrogen (secondary N) is 1. The first-order valence-electron chi connectivity index (χ1n) is 8.09. The highest BCUT2D eigenvalue weighted by Gasteiger charge is 2.20. The van der Waals surface area contributed by atoms with E-state index in [1.165, 1.54) is 21.3 Å². The highest BCUT2D eigenvalue weighted by molar-refractivity contribution is 5.98. The number of hydrogen-bond donors (Lipinski definition) is 1. The van der Waals surface area contributed by atoms with Gasteiger partial charge in [0, 0.05) is 11.9 Å². The maximum Gasteiger partial charge on any atom is 0.255 e. The molecule has 1 amide bonds. The number of carbonyl (C=O) groups excluding carboxylic acids is 1. The van der Waals surface area contributed by atoms with Crippen LogP contribution in [0.1, 0.15) is 21.7 Å². The van der Waals surface area contributed by atoms with E-state index in [0.717, 1.165) is 17.0 Å². The molecular weight excluding hydrogens is 334 g/mol. The SMILES string of the molecule is COc1ccc(C(=O)NCc2cn3c(C)cccc3n2)c(OC)c1OC. The molecular formula is C19H21N3O4.